The van der Waals surface area contributed by atoms with Gasteiger partial charge in [0.25, 0.3) is 0 Å². The maximum absolute atomic E-state index is 5.30. The zero-order chi connectivity index (χ0) is 16.3. The molecule has 0 atom stereocenters. The lowest BCUT2D eigenvalue weighted by atomic mass is 10.1. The fraction of sp³-hybridized carbons (Fsp3) is 0.412. The van der Waals surface area contributed by atoms with Gasteiger partial charge in [-0.25, -0.2) is 4.98 Å². The number of rotatable bonds is 8. The number of hydrogen-bond acceptors (Lipinski definition) is 3. The molecule has 0 unspecified atom stereocenters. The average molecular weight is 443 g/mol. The first kappa shape index (κ1) is 20.4. The predicted molar refractivity (Wildman–Crippen MR) is 108 cm³/mol. The second-order valence-corrected chi connectivity index (χ2v) is 5.10. The first-order chi connectivity index (χ1) is 11.3. The fourth-order valence-electron chi connectivity index (χ4n) is 2.22. The first-order valence-corrected chi connectivity index (χ1v) is 7.87. The summed E-state index contributed by atoms with van der Waals surface area (Å²) in [6, 6.07) is 8.51. The summed E-state index contributed by atoms with van der Waals surface area (Å²) in [6.07, 6.45) is 5.59. The minimum atomic E-state index is 0. The zero-order valence-corrected chi connectivity index (χ0v) is 16.6. The third-order valence-corrected chi connectivity index (χ3v) is 3.34. The van der Waals surface area contributed by atoms with E-state index < -0.39 is 0 Å². The van der Waals surface area contributed by atoms with E-state index >= 15 is 0 Å². The molecule has 2 aromatic rings. The van der Waals surface area contributed by atoms with Crippen LogP contribution in [0.4, 0.5) is 0 Å². The van der Waals surface area contributed by atoms with Crippen molar-refractivity contribution in [2.75, 3.05) is 26.8 Å². The van der Waals surface area contributed by atoms with Crippen molar-refractivity contribution < 1.29 is 4.74 Å². The Balaban J connectivity index is 0.00000288. The SMILES string of the molecule is CCOCCNC(=NC)NCc1cccc(Cn2ccnc2)c1.I. The number of aromatic nitrogens is 2. The molecule has 0 radical (unpaired) electrons. The number of nitrogens with one attached hydrogen (secondary N) is 2. The van der Waals surface area contributed by atoms with Gasteiger partial charge in [-0.3, -0.25) is 4.99 Å². The first-order valence-electron chi connectivity index (χ1n) is 7.87. The Morgan fingerprint density at radius 3 is 2.83 bits per heavy atom. The molecule has 7 heteroatoms. The molecule has 0 aliphatic heterocycles. The second kappa shape index (κ2) is 11.9. The van der Waals surface area contributed by atoms with E-state index in [2.05, 4.69) is 49.4 Å². The van der Waals surface area contributed by atoms with Gasteiger partial charge in [-0.1, -0.05) is 24.3 Å². The van der Waals surface area contributed by atoms with Crippen LogP contribution in [0, 0.1) is 0 Å². The molecule has 6 nitrogen and oxygen atoms in total. The number of benzene rings is 1. The molecule has 0 saturated heterocycles. The molecule has 0 bridgehead atoms. The largest absolute Gasteiger partial charge is 0.380 e. The Hall–Kier alpha value is -1.61. The van der Waals surface area contributed by atoms with E-state index in [1.165, 1.54) is 11.1 Å². The van der Waals surface area contributed by atoms with Gasteiger partial charge < -0.3 is 19.9 Å². The molecule has 1 aromatic carbocycles. The minimum absolute atomic E-state index is 0. The number of imidazole rings is 1. The topological polar surface area (TPSA) is 63.5 Å². The summed E-state index contributed by atoms with van der Waals surface area (Å²) in [4.78, 5) is 8.28. The van der Waals surface area contributed by atoms with Gasteiger partial charge in [-0.15, -0.1) is 24.0 Å². The van der Waals surface area contributed by atoms with E-state index in [1.807, 2.05) is 19.4 Å². The zero-order valence-electron chi connectivity index (χ0n) is 14.2. The van der Waals surface area contributed by atoms with Crippen molar-refractivity contribution in [3.63, 3.8) is 0 Å². The van der Waals surface area contributed by atoms with Crippen LogP contribution in [0.5, 0.6) is 0 Å². The maximum Gasteiger partial charge on any atom is 0.191 e. The summed E-state index contributed by atoms with van der Waals surface area (Å²) in [5.74, 6) is 0.782. The van der Waals surface area contributed by atoms with E-state index in [9.17, 15) is 0 Å². The van der Waals surface area contributed by atoms with Crippen molar-refractivity contribution in [3.05, 3.63) is 54.1 Å². The van der Waals surface area contributed by atoms with Crippen LogP contribution in [0.15, 0.2) is 48.0 Å². The van der Waals surface area contributed by atoms with E-state index in [0.29, 0.717) is 6.61 Å². The molecule has 1 heterocycles. The van der Waals surface area contributed by atoms with Gasteiger partial charge in [-0.05, 0) is 18.1 Å². The van der Waals surface area contributed by atoms with Gasteiger partial charge in [0.2, 0.25) is 0 Å². The highest BCUT2D eigenvalue weighted by Gasteiger charge is 2.00. The van der Waals surface area contributed by atoms with Crippen molar-refractivity contribution in [2.24, 2.45) is 4.99 Å². The van der Waals surface area contributed by atoms with Crippen LogP contribution in [0.25, 0.3) is 0 Å². The number of halogens is 1. The normalized spacial score (nSPS) is 11.0. The van der Waals surface area contributed by atoms with Gasteiger partial charge >= 0.3 is 0 Å². The summed E-state index contributed by atoms with van der Waals surface area (Å²) in [5, 5.41) is 6.54. The highest BCUT2D eigenvalue weighted by atomic mass is 127. The Morgan fingerprint density at radius 2 is 2.12 bits per heavy atom. The van der Waals surface area contributed by atoms with Gasteiger partial charge in [0, 0.05) is 45.7 Å². The Morgan fingerprint density at radius 1 is 1.29 bits per heavy atom. The number of hydrogen-bond donors (Lipinski definition) is 2. The summed E-state index contributed by atoms with van der Waals surface area (Å²) >= 11 is 0. The Labute approximate surface area is 160 Å². The molecular formula is C17H26IN5O. The molecule has 2 rings (SSSR count). The summed E-state index contributed by atoms with van der Waals surface area (Å²) in [6.45, 7) is 5.70. The Kier molecular flexibility index (Phi) is 10.1. The lowest BCUT2D eigenvalue weighted by Gasteiger charge is -2.12. The molecule has 2 N–H and O–H groups in total. The van der Waals surface area contributed by atoms with Gasteiger partial charge in [-0.2, -0.15) is 0 Å². The molecular weight excluding hydrogens is 417 g/mol. The molecule has 1 aromatic heterocycles. The van der Waals surface area contributed by atoms with Crippen molar-refractivity contribution in [1.29, 1.82) is 0 Å². The molecule has 0 aliphatic rings. The quantitative estimate of drug-likeness (QED) is 0.285. The standard InChI is InChI=1S/C17H25N5O.HI/c1-3-23-10-8-20-17(18-2)21-12-15-5-4-6-16(11-15)13-22-9-7-19-14-22;/h4-7,9,11,14H,3,8,10,12-13H2,1-2H3,(H2,18,20,21);1H. The van der Waals surface area contributed by atoms with Gasteiger partial charge in [0.05, 0.1) is 12.9 Å². The van der Waals surface area contributed by atoms with E-state index in [0.717, 1.165) is 32.2 Å². The lowest BCUT2D eigenvalue weighted by Crippen LogP contribution is -2.38. The summed E-state index contributed by atoms with van der Waals surface area (Å²) < 4.78 is 7.36. The molecule has 24 heavy (non-hydrogen) atoms. The smallest absolute Gasteiger partial charge is 0.191 e. The Bertz CT molecular complexity index is 601. The van der Waals surface area contributed by atoms with Crippen LogP contribution in [0.3, 0.4) is 0 Å². The monoisotopic (exact) mass is 443 g/mol. The average Bonchev–Trinajstić information content (AvgIpc) is 3.07. The summed E-state index contributed by atoms with van der Waals surface area (Å²) in [5.41, 5.74) is 2.47. The van der Waals surface area contributed by atoms with E-state index in [4.69, 9.17) is 4.74 Å². The van der Waals surface area contributed by atoms with Crippen molar-refractivity contribution in [1.82, 2.24) is 20.2 Å². The van der Waals surface area contributed by atoms with E-state index in [1.54, 1.807) is 13.2 Å². The van der Waals surface area contributed by atoms with Crippen molar-refractivity contribution in [3.8, 4) is 0 Å². The highest BCUT2D eigenvalue weighted by Crippen LogP contribution is 2.07. The number of guanidine groups is 1. The lowest BCUT2D eigenvalue weighted by molar-refractivity contribution is 0.152. The molecule has 0 amide bonds. The fourth-order valence-corrected chi connectivity index (χ4v) is 2.22. The highest BCUT2D eigenvalue weighted by molar-refractivity contribution is 14.0. The molecule has 132 valence electrons. The molecule has 0 spiro atoms. The summed E-state index contributed by atoms with van der Waals surface area (Å²) in [7, 11) is 1.77. The maximum atomic E-state index is 5.30. The van der Waals surface area contributed by atoms with Crippen LogP contribution in [-0.4, -0.2) is 42.3 Å². The minimum Gasteiger partial charge on any atom is -0.380 e. The van der Waals surface area contributed by atoms with Crippen LogP contribution < -0.4 is 10.6 Å². The third kappa shape index (κ3) is 7.31. The van der Waals surface area contributed by atoms with Gasteiger partial charge in [0.15, 0.2) is 5.96 Å². The third-order valence-electron chi connectivity index (χ3n) is 3.34. The van der Waals surface area contributed by atoms with E-state index in [-0.39, 0.29) is 24.0 Å². The molecule has 0 saturated carbocycles. The van der Waals surface area contributed by atoms with Crippen LogP contribution in [0.2, 0.25) is 0 Å². The van der Waals surface area contributed by atoms with Crippen LogP contribution in [-0.2, 0) is 17.8 Å². The van der Waals surface area contributed by atoms with Crippen LogP contribution >= 0.6 is 24.0 Å². The number of nitrogens with zero attached hydrogens (tertiary/aromatic N) is 3. The second-order valence-electron chi connectivity index (χ2n) is 5.10. The number of aliphatic imine (C=N–C) groups is 1. The number of ether oxygens (including phenoxy) is 1. The molecule has 0 fully saturated rings. The van der Waals surface area contributed by atoms with Crippen molar-refractivity contribution >= 4 is 29.9 Å². The molecule has 0 aliphatic carbocycles. The predicted octanol–water partition coefficient (Wildman–Crippen LogP) is 2.25. The van der Waals surface area contributed by atoms with Crippen LogP contribution in [0.1, 0.15) is 18.1 Å². The van der Waals surface area contributed by atoms with Gasteiger partial charge in [0.1, 0.15) is 0 Å². The van der Waals surface area contributed by atoms with Crippen molar-refractivity contribution in [2.45, 2.75) is 20.0 Å².